The van der Waals surface area contributed by atoms with Crippen LogP contribution in [0.1, 0.15) is 47.1 Å². The molecule has 0 aliphatic carbocycles. The third-order valence-electron chi connectivity index (χ3n) is 2.78. The fraction of sp³-hybridized carbons (Fsp3) is 0.526. The van der Waals surface area contributed by atoms with E-state index in [1.165, 1.54) is 6.08 Å². The van der Waals surface area contributed by atoms with Crippen LogP contribution in [-0.2, 0) is 9.53 Å². The standard InChI is InChI=1S/C19H28O5/c1-7-21-15-13-17(23-9-3)16(22-8-2)12-14(15)10-11-18(20)24-19(4,5)6/h10-13H,7-9H2,1-6H3. The summed E-state index contributed by atoms with van der Waals surface area (Å²) in [7, 11) is 0. The Hall–Kier alpha value is -2.17. The first-order valence-corrected chi connectivity index (χ1v) is 8.28. The summed E-state index contributed by atoms with van der Waals surface area (Å²) in [6.07, 6.45) is 3.05. The van der Waals surface area contributed by atoms with Gasteiger partial charge in [-0.3, -0.25) is 0 Å². The van der Waals surface area contributed by atoms with Gasteiger partial charge in [-0.1, -0.05) is 0 Å². The molecule has 134 valence electrons. The molecule has 0 amide bonds. The van der Waals surface area contributed by atoms with E-state index in [1.807, 2.05) is 41.5 Å². The molecular formula is C19H28O5. The van der Waals surface area contributed by atoms with Gasteiger partial charge >= 0.3 is 5.97 Å². The quantitative estimate of drug-likeness (QED) is 0.525. The number of carbonyl (C=O) groups is 1. The highest BCUT2D eigenvalue weighted by molar-refractivity contribution is 5.88. The van der Waals surface area contributed by atoms with E-state index >= 15 is 0 Å². The van der Waals surface area contributed by atoms with Crippen LogP contribution in [0.15, 0.2) is 18.2 Å². The minimum atomic E-state index is -0.528. The van der Waals surface area contributed by atoms with Gasteiger partial charge in [-0.05, 0) is 53.7 Å². The number of ether oxygens (including phenoxy) is 4. The van der Waals surface area contributed by atoms with Gasteiger partial charge in [0, 0.05) is 17.7 Å². The van der Waals surface area contributed by atoms with Crippen molar-refractivity contribution in [3.8, 4) is 17.2 Å². The maximum Gasteiger partial charge on any atom is 0.331 e. The van der Waals surface area contributed by atoms with Gasteiger partial charge in [-0.25, -0.2) is 4.79 Å². The van der Waals surface area contributed by atoms with E-state index in [2.05, 4.69) is 0 Å². The van der Waals surface area contributed by atoms with E-state index in [-0.39, 0.29) is 0 Å². The molecule has 0 spiro atoms. The lowest BCUT2D eigenvalue weighted by molar-refractivity contribution is -0.148. The number of hydrogen-bond donors (Lipinski definition) is 0. The molecular weight excluding hydrogens is 308 g/mol. The molecule has 0 atom stereocenters. The van der Waals surface area contributed by atoms with Crippen molar-refractivity contribution >= 4 is 12.0 Å². The highest BCUT2D eigenvalue weighted by Crippen LogP contribution is 2.36. The van der Waals surface area contributed by atoms with E-state index < -0.39 is 11.6 Å². The summed E-state index contributed by atoms with van der Waals surface area (Å²) in [6.45, 7) is 12.7. The lowest BCUT2D eigenvalue weighted by Gasteiger charge is -2.18. The Morgan fingerprint density at radius 1 is 0.917 bits per heavy atom. The molecule has 5 heteroatoms. The van der Waals surface area contributed by atoms with E-state index in [4.69, 9.17) is 18.9 Å². The Kier molecular flexibility index (Phi) is 7.62. The highest BCUT2D eigenvalue weighted by Gasteiger charge is 2.15. The molecule has 0 aliphatic heterocycles. The summed E-state index contributed by atoms with van der Waals surface area (Å²) in [5.41, 5.74) is 0.203. The summed E-state index contributed by atoms with van der Waals surface area (Å²) in [5.74, 6) is 1.46. The van der Waals surface area contributed by atoms with E-state index in [1.54, 1.807) is 18.2 Å². The Balaban J connectivity index is 3.14. The second-order valence-electron chi connectivity index (χ2n) is 6.00. The van der Waals surface area contributed by atoms with Crippen LogP contribution in [0.2, 0.25) is 0 Å². The number of hydrogen-bond acceptors (Lipinski definition) is 5. The summed E-state index contributed by atoms with van der Waals surface area (Å²) in [6, 6.07) is 3.59. The Morgan fingerprint density at radius 2 is 1.42 bits per heavy atom. The third-order valence-corrected chi connectivity index (χ3v) is 2.78. The smallest absolute Gasteiger partial charge is 0.331 e. The number of benzene rings is 1. The molecule has 0 radical (unpaired) electrons. The second kappa shape index (κ2) is 9.21. The van der Waals surface area contributed by atoms with Gasteiger partial charge < -0.3 is 18.9 Å². The number of esters is 1. The average Bonchev–Trinajstić information content (AvgIpc) is 2.47. The second-order valence-corrected chi connectivity index (χ2v) is 6.00. The highest BCUT2D eigenvalue weighted by atomic mass is 16.6. The first kappa shape index (κ1) is 19.9. The van der Waals surface area contributed by atoms with Crippen molar-refractivity contribution < 1.29 is 23.7 Å². The van der Waals surface area contributed by atoms with E-state index in [0.717, 1.165) is 5.56 Å². The molecule has 0 unspecified atom stereocenters. The maximum absolute atomic E-state index is 11.9. The van der Waals surface area contributed by atoms with Gasteiger partial charge in [0.25, 0.3) is 0 Å². The third kappa shape index (κ3) is 6.52. The first-order chi connectivity index (χ1) is 11.3. The molecule has 5 nitrogen and oxygen atoms in total. The zero-order valence-corrected chi connectivity index (χ0v) is 15.5. The molecule has 0 fully saturated rings. The van der Waals surface area contributed by atoms with Crippen molar-refractivity contribution in [2.45, 2.75) is 47.1 Å². The van der Waals surface area contributed by atoms with Gasteiger partial charge in [0.05, 0.1) is 19.8 Å². The van der Waals surface area contributed by atoms with Crippen LogP contribution >= 0.6 is 0 Å². The van der Waals surface area contributed by atoms with Crippen molar-refractivity contribution in [1.82, 2.24) is 0 Å². The zero-order chi connectivity index (χ0) is 18.2. The normalized spacial score (nSPS) is 11.4. The lowest BCUT2D eigenvalue weighted by atomic mass is 10.1. The van der Waals surface area contributed by atoms with Crippen LogP contribution < -0.4 is 14.2 Å². The van der Waals surface area contributed by atoms with Crippen molar-refractivity contribution in [3.05, 3.63) is 23.8 Å². The topological polar surface area (TPSA) is 54.0 Å². The van der Waals surface area contributed by atoms with Crippen LogP contribution in [-0.4, -0.2) is 31.4 Å². The Morgan fingerprint density at radius 3 is 1.92 bits per heavy atom. The summed E-state index contributed by atoms with van der Waals surface area (Å²) in [4.78, 5) is 11.9. The fourth-order valence-corrected chi connectivity index (χ4v) is 2.00. The SMILES string of the molecule is CCOc1cc(OCC)c(OCC)cc1C=CC(=O)OC(C)(C)C. The predicted molar refractivity (Wildman–Crippen MR) is 94.8 cm³/mol. The Bertz CT molecular complexity index is 570. The zero-order valence-electron chi connectivity index (χ0n) is 15.5. The minimum absolute atomic E-state index is 0.406. The molecule has 0 heterocycles. The molecule has 0 bridgehead atoms. The van der Waals surface area contributed by atoms with Crippen molar-refractivity contribution in [2.24, 2.45) is 0 Å². The molecule has 0 saturated heterocycles. The monoisotopic (exact) mass is 336 g/mol. The van der Waals surface area contributed by atoms with Gasteiger partial charge in [0.1, 0.15) is 11.4 Å². The van der Waals surface area contributed by atoms with Crippen LogP contribution in [0, 0.1) is 0 Å². The van der Waals surface area contributed by atoms with Gasteiger partial charge in [-0.15, -0.1) is 0 Å². The van der Waals surface area contributed by atoms with Crippen molar-refractivity contribution in [3.63, 3.8) is 0 Å². The number of rotatable bonds is 8. The molecule has 0 aliphatic rings. The molecule has 24 heavy (non-hydrogen) atoms. The summed E-state index contributed by atoms with van der Waals surface area (Å²) in [5, 5.41) is 0. The fourth-order valence-electron chi connectivity index (χ4n) is 2.00. The van der Waals surface area contributed by atoms with Crippen molar-refractivity contribution in [2.75, 3.05) is 19.8 Å². The van der Waals surface area contributed by atoms with Crippen molar-refractivity contribution in [1.29, 1.82) is 0 Å². The molecule has 0 N–H and O–H groups in total. The summed E-state index contributed by atoms with van der Waals surface area (Å²) < 4.78 is 22.2. The first-order valence-electron chi connectivity index (χ1n) is 8.28. The molecule has 0 aromatic heterocycles. The average molecular weight is 336 g/mol. The van der Waals surface area contributed by atoms with Gasteiger partial charge in [0.15, 0.2) is 11.5 Å². The van der Waals surface area contributed by atoms with Crippen LogP contribution in [0.4, 0.5) is 0 Å². The lowest BCUT2D eigenvalue weighted by Crippen LogP contribution is -2.22. The minimum Gasteiger partial charge on any atom is -0.493 e. The predicted octanol–water partition coefficient (Wildman–Crippen LogP) is 4.24. The number of carbonyl (C=O) groups excluding carboxylic acids is 1. The summed E-state index contributed by atoms with van der Waals surface area (Å²) >= 11 is 0. The Labute approximate surface area is 144 Å². The maximum atomic E-state index is 11.9. The van der Waals surface area contributed by atoms with Crippen LogP contribution in [0.3, 0.4) is 0 Å². The van der Waals surface area contributed by atoms with E-state index in [9.17, 15) is 4.79 Å². The molecule has 1 aromatic rings. The van der Waals surface area contributed by atoms with Gasteiger partial charge in [0.2, 0.25) is 0 Å². The van der Waals surface area contributed by atoms with Gasteiger partial charge in [-0.2, -0.15) is 0 Å². The largest absolute Gasteiger partial charge is 0.493 e. The molecule has 1 rings (SSSR count). The van der Waals surface area contributed by atoms with Crippen LogP contribution in [0.5, 0.6) is 17.2 Å². The molecule has 0 saturated carbocycles. The van der Waals surface area contributed by atoms with E-state index in [0.29, 0.717) is 37.1 Å². The van der Waals surface area contributed by atoms with Crippen LogP contribution in [0.25, 0.3) is 6.08 Å². The molecule has 1 aromatic carbocycles.